The zero-order valence-electron chi connectivity index (χ0n) is 14.7. The summed E-state index contributed by atoms with van der Waals surface area (Å²) in [5, 5.41) is 0.588. The van der Waals surface area contributed by atoms with Crippen molar-refractivity contribution in [3.8, 4) is 5.75 Å². The summed E-state index contributed by atoms with van der Waals surface area (Å²) in [5.74, 6) is 0.613. The number of methoxy groups -OCH3 is 1. The van der Waals surface area contributed by atoms with E-state index in [0.29, 0.717) is 23.0 Å². The summed E-state index contributed by atoms with van der Waals surface area (Å²) in [6.45, 7) is 0.467. The van der Waals surface area contributed by atoms with Crippen LogP contribution in [-0.2, 0) is 11.3 Å². The van der Waals surface area contributed by atoms with Crippen molar-refractivity contribution >= 4 is 34.6 Å². The average Bonchev–Trinajstić information content (AvgIpc) is 2.94. The van der Waals surface area contributed by atoms with Crippen molar-refractivity contribution < 1.29 is 9.53 Å². The number of carbonyl (C=O) groups is 1. The lowest BCUT2D eigenvalue weighted by molar-refractivity contribution is -0.112. The molecule has 0 spiro atoms. The molecule has 1 heterocycles. The molecular weight excluding hydrogens is 360 g/mol. The van der Waals surface area contributed by atoms with E-state index in [9.17, 15) is 4.79 Å². The monoisotopic (exact) mass is 376 g/mol. The number of hydrogen-bond acceptors (Lipinski definition) is 3. The maximum absolute atomic E-state index is 13.1. The van der Waals surface area contributed by atoms with Crippen molar-refractivity contribution in [2.45, 2.75) is 6.54 Å². The van der Waals surface area contributed by atoms with E-state index >= 15 is 0 Å². The van der Waals surface area contributed by atoms with Crippen LogP contribution in [0.15, 0.2) is 77.8 Å². The topological polar surface area (TPSA) is 41.9 Å². The van der Waals surface area contributed by atoms with Gasteiger partial charge < -0.3 is 9.64 Å². The molecule has 1 aliphatic rings. The Labute approximate surface area is 162 Å². The highest BCUT2D eigenvalue weighted by molar-refractivity contribution is 6.55. The number of aliphatic imine (C=N–C) groups is 1. The third-order valence-corrected chi connectivity index (χ3v) is 4.69. The van der Waals surface area contributed by atoms with Crippen molar-refractivity contribution in [2.24, 2.45) is 4.99 Å². The fraction of sp³-hybridized carbons (Fsp3) is 0.0909. The first-order valence-electron chi connectivity index (χ1n) is 8.54. The van der Waals surface area contributed by atoms with Crippen LogP contribution in [0, 0.1) is 0 Å². The van der Waals surface area contributed by atoms with Gasteiger partial charge in [0.05, 0.1) is 25.0 Å². The lowest BCUT2D eigenvalue weighted by atomic mass is 10.1. The second kappa shape index (κ2) is 7.25. The molecule has 0 aliphatic carbocycles. The van der Waals surface area contributed by atoms with Gasteiger partial charge in [0, 0.05) is 10.6 Å². The highest BCUT2D eigenvalue weighted by atomic mass is 35.5. The molecule has 0 atom stereocenters. The molecule has 0 saturated heterocycles. The number of rotatable bonds is 4. The van der Waals surface area contributed by atoms with Crippen molar-refractivity contribution in [1.29, 1.82) is 0 Å². The first kappa shape index (κ1) is 17.3. The Kier molecular flexibility index (Phi) is 4.65. The zero-order chi connectivity index (χ0) is 18.8. The normalized spacial score (nSPS) is 14.5. The van der Waals surface area contributed by atoms with E-state index < -0.39 is 0 Å². The van der Waals surface area contributed by atoms with Gasteiger partial charge >= 0.3 is 0 Å². The van der Waals surface area contributed by atoms with Gasteiger partial charge in [0.25, 0.3) is 5.91 Å². The van der Waals surface area contributed by atoms with E-state index in [0.717, 1.165) is 22.6 Å². The van der Waals surface area contributed by atoms with E-state index in [4.69, 9.17) is 16.3 Å². The molecule has 4 nitrogen and oxygen atoms in total. The second-order valence-electron chi connectivity index (χ2n) is 6.20. The number of hydrogen-bond donors (Lipinski definition) is 0. The first-order chi connectivity index (χ1) is 13.2. The lowest BCUT2D eigenvalue weighted by Gasteiger charge is -2.17. The molecule has 0 unspecified atom stereocenters. The summed E-state index contributed by atoms with van der Waals surface area (Å²) in [7, 11) is 1.61. The quantitative estimate of drug-likeness (QED) is 0.641. The van der Waals surface area contributed by atoms with Crippen molar-refractivity contribution in [1.82, 2.24) is 0 Å². The predicted octanol–water partition coefficient (Wildman–Crippen LogP) is 5.02. The smallest absolute Gasteiger partial charge is 0.277 e. The summed E-state index contributed by atoms with van der Waals surface area (Å²) < 4.78 is 5.17. The van der Waals surface area contributed by atoms with E-state index in [2.05, 4.69) is 4.99 Å². The maximum atomic E-state index is 13.1. The van der Waals surface area contributed by atoms with Gasteiger partial charge in [-0.1, -0.05) is 41.9 Å². The lowest BCUT2D eigenvalue weighted by Crippen LogP contribution is -2.29. The Balaban J connectivity index is 1.75. The molecule has 134 valence electrons. The number of amides is 1. The minimum absolute atomic E-state index is 0.132. The number of nitrogens with zero attached hydrogens (tertiary/aromatic N) is 2. The maximum Gasteiger partial charge on any atom is 0.277 e. The Morgan fingerprint density at radius 3 is 2.44 bits per heavy atom. The SMILES string of the molecule is COc1ccc(N=C2C(=O)N(Cc3ccccc3)c3cc(Cl)ccc32)cc1. The molecule has 3 aromatic carbocycles. The van der Waals surface area contributed by atoms with Crippen LogP contribution in [0.5, 0.6) is 5.75 Å². The molecule has 0 aromatic heterocycles. The van der Waals surface area contributed by atoms with Crippen LogP contribution in [0.3, 0.4) is 0 Å². The minimum atomic E-state index is -0.132. The molecule has 0 saturated carbocycles. The third kappa shape index (κ3) is 3.44. The third-order valence-electron chi connectivity index (χ3n) is 4.45. The largest absolute Gasteiger partial charge is 0.497 e. The second-order valence-corrected chi connectivity index (χ2v) is 6.63. The summed E-state index contributed by atoms with van der Waals surface area (Å²) in [6.07, 6.45) is 0. The molecule has 0 N–H and O–H groups in total. The van der Waals surface area contributed by atoms with Crippen LogP contribution in [0.2, 0.25) is 5.02 Å². The summed E-state index contributed by atoms with van der Waals surface area (Å²) in [6, 6.07) is 22.6. The van der Waals surface area contributed by atoms with Crippen LogP contribution in [-0.4, -0.2) is 18.7 Å². The molecule has 0 fully saturated rings. The Bertz CT molecular complexity index is 1010. The Hall–Kier alpha value is -3.11. The highest BCUT2D eigenvalue weighted by Gasteiger charge is 2.34. The van der Waals surface area contributed by atoms with Gasteiger partial charge in [-0.05, 0) is 48.0 Å². The van der Waals surface area contributed by atoms with Crippen LogP contribution in [0.25, 0.3) is 0 Å². The van der Waals surface area contributed by atoms with Crippen molar-refractivity contribution in [3.05, 3.63) is 88.9 Å². The van der Waals surface area contributed by atoms with Gasteiger partial charge in [-0.25, -0.2) is 4.99 Å². The van der Waals surface area contributed by atoms with Crippen LogP contribution < -0.4 is 9.64 Å². The van der Waals surface area contributed by atoms with Gasteiger partial charge in [0.15, 0.2) is 0 Å². The number of ether oxygens (including phenoxy) is 1. The molecule has 4 rings (SSSR count). The molecule has 1 aliphatic heterocycles. The zero-order valence-corrected chi connectivity index (χ0v) is 15.5. The van der Waals surface area contributed by atoms with Crippen LogP contribution >= 0.6 is 11.6 Å². The molecule has 27 heavy (non-hydrogen) atoms. The number of benzene rings is 3. The van der Waals surface area contributed by atoms with Gasteiger partial charge in [-0.2, -0.15) is 0 Å². The van der Waals surface area contributed by atoms with E-state index in [-0.39, 0.29) is 5.91 Å². The van der Waals surface area contributed by atoms with Gasteiger partial charge in [0.2, 0.25) is 0 Å². The van der Waals surface area contributed by atoms with Crippen molar-refractivity contribution in [3.63, 3.8) is 0 Å². The fourth-order valence-electron chi connectivity index (χ4n) is 3.10. The fourth-order valence-corrected chi connectivity index (χ4v) is 3.26. The number of anilines is 1. The van der Waals surface area contributed by atoms with Gasteiger partial charge in [-0.3, -0.25) is 4.79 Å². The summed E-state index contributed by atoms with van der Waals surface area (Å²) >= 11 is 6.19. The molecule has 0 radical (unpaired) electrons. The van der Waals surface area contributed by atoms with Crippen LogP contribution in [0.1, 0.15) is 11.1 Å². The summed E-state index contributed by atoms with van der Waals surface area (Å²) in [4.78, 5) is 19.5. The molecule has 3 aromatic rings. The van der Waals surface area contributed by atoms with E-state index in [1.54, 1.807) is 18.1 Å². The highest BCUT2D eigenvalue weighted by Crippen LogP contribution is 2.34. The standard InChI is InChI=1S/C22H17ClN2O2/c1-27-18-10-8-17(9-11-18)24-21-19-12-7-16(23)13-20(19)25(22(21)26)14-15-5-3-2-4-6-15/h2-13H,14H2,1H3. The number of halogens is 1. The number of carbonyl (C=O) groups excluding carboxylic acids is 1. The summed E-state index contributed by atoms with van der Waals surface area (Å²) in [5.41, 5.74) is 3.73. The predicted molar refractivity (Wildman–Crippen MR) is 108 cm³/mol. The molecule has 5 heteroatoms. The Morgan fingerprint density at radius 1 is 1.00 bits per heavy atom. The van der Waals surface area contributed by atoms with Gasteiger partial charge in [-0.15, -0.1) is 0 Å². The minimum Gasteiger partial charge on any atom is -0.497 e. The Morgan fingerprint density at radius 2 is 1.74 bits per heavy atom. The average molecular weight is 377 g/mol. The van der Waals surface area contributed by atoms with Crippen LogP contribution in [0.4, 0.5) is 11.4 Å². The van der Waals surface area contributed by atoms with E-state index in [1.807, 2.05) is 66.7 Å². The molecular formula is C22H17ClN2O2. The molecule has 0 bridgehead atoms. The number of fused-ring (bicyclic) bond motifs is 1. The first-order valence-corrected chi connectivity index (χ1v) is 8.92. The molecule has 1 amide bonds. The van der Waals surface area contributed by atoms with Crippen molar-refractivity contribution in [2.75, 3.05) is 12.0 Å². The van der Waals surface area contributed by atoms with E-state index in [1.165, 1.54) is 0 Å². The van der Waals surface area contributed by atoms with Gasteiger partial charge in [0.1, 0.15) is 11.5 Å².